The number of nitrogens with two attached hydrogens (primary N) is 1. The number of rotatable bonds is 6. The van der Waals surface area contributed by atoms with Crippen LogP contribution in [0.1, 0.15) is 20.3 Å². The number of halogens is 2. The van der Waals surface area contributed by atoms with Crippen molar-refractivity contribution in [1.82, 2.24) is 14.5 Å². The molecule has 0 radical (unpaired) electrons. The van der Waals surface area contributed by atoms with Gasteiger partial charge in [0.15, 0.2) is 11.6 Å². The van der Waals surface area contributed by atoms with Gasteiger partial charge in [-0.15, -0.1) is 0 Å². The van der Waals surface area contributed by atoms with Crippen molar-refractivity contribution in [1.29, 1.82) is 0 Å². The van der Waals surface area contributed by atoms with Crippen molar-refractivity contribution in [3.05, 3.63) is 23.8 Å². The van der Waals surface area contributed by atoms with E-state index in [1.165, 1.54) is 6.07 Å². The zero-order valence-corrected chi connectivity index (χ0v) is 11.9. The van der Waals surface area contributed by atoms with Gasteiger partial charge in [-0.05, 0) is 31.6 Å². The molecular weight excluding hydrogens is 262 g/mol. The molecule has 0 spiro atoms. The quantitative estimate of drug-likeness (QED) is 0.886. The minimum absolute atomic E-state index is 0.148. The Morgan fingerprint density at radius 1 is 1.25 bits per heavy atom. The summed E-state index contributed by atoms with van der Waals surface area (Å²) in [6.07, 6.45) is 1.05. The van der Waals surface area contributed by atoms with Crippen molar-refractivity contribution in [3.8, 4) is 0 Å². The second-order valence-corrected chi connectivity index (χ2v) is 4.79. The van der Waals surface area contributed by atoms with Crippen LogP contribution in [0.2, 0.25) is 0 Å². The largest absolute Gasteiger partial charge is 0.369 e. The molecule has 6 heteroatoms. The highest BCUT2D eigenvalue weighted by Crippen LogP contribution is 2.23. The number of hydrogen-bond acceptors (Lipinski definition) is 3. The number of nitrogen functional groups attached to an aromatic ring is 1. The minimum Gasteiger partial charge on any atom is -0.369 e. The summed E-state index contributed by atoms with van der Waals surface area (Å²) in [7, 11) is 0. The van der Waals surface area contributed by atoms with Crippen LogP contribution in [0.4, 0.5) is 14.7 Å². The van der Waals surface area contributed by atoms with Gasteiger partial charge in [0.2, 0.25) is 5.95 Å². The van der Waals surface area contributed by atoms with Gasteiger partial charge in [-0.1, -0.05) is 13.8 Å². The Morgan fingerprint density at radius 2 is 2.00 bits per heavy atom. The number of likely N-dealkylation sites (N-methyl/N-ethyl adjacent to an activating group) is 1. The number of imidazole rings is 1. The summed E-state index contributed by atoms with van der Waals surface area (Å²) < 4.78 is 28.8. The van der Waals surface area contributed by atoms with Gasteiger partial charge in [-0.3, -0.25) is 0 Å². The van der Waals surface area contributed by atoms with E-state index in [1.807, 2.05) is 0 Å². The van der Waals surface area contributed by atoms with E-state index in [-0.39, 0.29) is 11.5 Å². The summed E-state index contributed by atoms with van der Waals surface area (Å²) in [5.74, 6) is -1.54. The lowest BCUT2D eigenvalue weighted by Crippen LogP contribution is -2.28. The number of fused-ring (bicyclic) bond motifs is 1. The Kier molecular flexibility index (Phi) is 4.54. The van der Waals surface area contributed by atoms with Crippen LogP contribution in [-0.2, 0) is 6.54 Å². The van der Waals surface area contributed by atoms with Gasteiger partial charge in [0, 0.05) is 13.1 Å². The monoisotopic (exact) mass is 282 g/mol. The van der Waals surface area contributed by atoms with Crippen molar-refractivity contribution in [3.63, 3.8) is 0 Å². The highest BCUT2D eigenvalue weighted by molar-refractivity contribution is 5.79. The van der Waals surface area contributed by atoms with Crippen molar-refractivity contribution in [2.75, 3.05) is 25.4 Å². The summed E-state index contributed by atoms with van der Waals surface area (Å²) in [6, 6.07) is 2.52. The van der Waals surface area contributed by atoms with E-state index in [2.05, 4.69) is 23.7 Å². The maximum Gasteiger partial charge on any atom is 0.201 e. The lowest BCUT2D eigenvalue weighted by molar-refractivity contribution is 0.278. The lowest BCUT2D eigenvalue weighted by Gasteiger charge is -2.20. The van der Waals surface area contributed by atoms with E-state index < -0.39 is 11.6 Å². The summed E-state index contributed by atoms with van der Waals surface area (Å²) in [4.78, 5) is 6.32. The van der Waals surface area contributed by atoms with Crippen molar-refractivity contribution >= 4 is 17.0 Å². The van der Waals surface area contributed by atoms with Gasteiger partial charge >= 0.3 is 0 Å². The number of benzene rings is 1. The smallest absolute Gasteiger partial charge is 0.201 e. The van der Waals surface area contributed by atoms with Crippen LogP contribution >= 0.6 is 0 Å². The van der Waals surface area contributed by atoms with Crippen LogP contribution in [0.25, 0.3) is 11.0 Å². The summed E-state index contributed by atoms with van der Waals surface area (Å²) in [5.41, 5.74) is 6.36. The molecule has 1 heterocycles. The molecule has 0 atom stereocenters. The molecule has 0 aliphatic carbocycles. The number of hydrogen-bond donors (Lipinski definition) is 1. The Labute approximate surface area is 117 Å². The topological polar surface area (TPSA) is 47.1 Å². The first-order chi connectivity index (χ1) is 9.58. The average molecular weight is 282 g/mol. The van der Waals surface area contributed by atoms with Crippen LogP contribution in [-0.4, -0.2) is 34.1 Å². The van der Waals surface area contributed by atoms with Crippen molar-refractivity contribution in [2.45, 2.75) is 26.8 Å². The molecule has 4 nitrogen and oxygen atoms in total. The van der Waals surface area contributed by atoms with Gasteiger partial charge in [0.05, 0.1) is 5.52 Å². The third kappa shape index (κ3) is 2.75. The van der Waals surface area contributed by atoms with E-state index in [1.54, 1.807) is 4.57 Å². The van der Waals surface area contributed by atoms with E-state index in [0.29, 0.717) is 12.1 Å². The van der Waals surface area contributed by atoms with E-state index in [4.69, 9.17) is 5.73 Å². The Balaban J connectivity index is 2.29. The fourth-order valence-corrected chi connectivity index (χ4v) is 2.39. The molecule has 0 aliphatic heterocycles. The molecule has 0 bridgehead atoms. The predicted molar refractivity (Wildman–Crippen MR) is 76.5 cm³/mol. The van der Waals surface area contributed by atoms with Gasteiger partial charge in [-0.2, -0.15) is 0 Å². The van der Waals surface area contributed by atoms with Crippen LogP contribution in [0, 0.1) is 11.6 Å². The van der Waals surface area contributed by atoms with Crippen molar-refractivity contribution < 1.29 is 8.78 Å². The molecule has 2 rings (SSSR count). The van der Waals surface area contributed by atoms with Gasteiger partial charge in [0.1, 0.15) is 5.52 Å². The second kappa shape index (κ2) is 6.17. The van der Waals surface area contributed by atoms with Gasteiger partial charge < -0.3 is 15.2 Å². The first kappa shape index (κ1) is 14.7. The fraction of sp³-hybridized carbons (Fsp3) is 0.500. The molecule has 20 heavy (non-hydrogen) atoms. The zero-order valence-electron chi connectivity index (χ0n) is 11.9. The van der Waals surface area contributed by atoms with Gasteiger partial charge in [-0.25, -0.2) is 13.8 Å². The van der Waals surface area contributed by atoms with E-state index in [0.717, 1.165) is 32.1 Å². The molecule has 0 saturated carbocycles. The average Bonchev–Trinajstić information content (AvgIpc) is 2.75. The summed E-state index contributed by atoms with van der Waals surface area (Å²) in [6.45, 7) is 7.30. The van der Waals surface area contributed by atoms with E-state index >= 15 is 0 Å². The summed E-state index contributed by atoms with van der Waals surface area (Å²) >= 11 is 0. The maximum atomic E-state index is 13.9. The molecule has 0 fully saturated rings. The molecule has 1 aromatic heterocycles. The first-order valence-corrected chi connectivity index (χ1v) is 6.90. The Bertz CT molecular complexity index is 594. The number of nitrogens with zero attached hydrogens (tertiary/aromatic N) is 3. The molecule has 0 aliphatic rings. The SMILES string of the molecule is CCCN(CC)CCn1c(N)nc2ccc(F)c(F)c21. The highest BCUT2D eigenvalue weighted by Gasteiger charge is 2.16. The molecule has 0 unspecified atom stereocenters. The third-order valence-electron chi connectivity index (χ3n) is 3.46. The van der Waals surface area contributed by atoms with Crippen molar-refractivity contribution in [2.24, 2.45) is 0 Å². The zero-order chi connectivity index (χ0) is 14.7. The standard InChI is InChI=1S/C14H20F2N4/c1-3-7-19(4-2)8-9-20-13-11(18-14(20)17)6-5-10(15)12(13)16/h5-6H,3-4,7-9H2,1-2H3,(H2,17,18). The van der Waals surface area contributed by atoms with Crippen LogP contribution in [0.3, 0.4) is 0 Å². The summed E-state index contributed by atoms with van der Waals surface area (Å²) in [5, 5.41) is 0. The molecule has 1 aromatic carbocycles. The molecule has 110 valence electrons. The molecule has 0 saturated heterocycles. The predicted octanol–water partition coefficient (Wildman–Crippen LogP) is 2.63. The molecule has 0 amide bonds. The Morgan fingerprint density at radius 3 is 2.65 bits per heavy atom. The van der Waals surface area contributed by atoms with Gasteiger partial charge in [0.25, 0.3) is 0 Å². The molecular formula is C14H20F2N4. The molecule has 2 aromatic rings. The van der Waals surface area contributed by atoms with Crippen LogP contribution in [0.15, 0.2) is 12.1 Å². The van der Waals surface area contributed by atoms with Crippen LogP contribution < -0.4 is 5.73 Å². The normalized spacial score (nSPS) is 11.7. The number of anilines is 1. The second-order valence-electron chi connectivity index (χ2n) is 4.79. The molecule has 2 N–H and O–H groups in total. The Hall–Kier alpha value is -1.69. The van der Waals surface area contributed by atoms with Crippen LogP contribution in [0.5, 0.6) is 0 Å². The fourth-order valence-electron chi connectivity index (χ4n) is 2.39. The minimum atomic E-state index is -0.884. The third-order valence-corrected chi connectivity index (χ3v) is 3.46. The van der Waals surface area contributed by atoms with E-state index in [9.17, 15) is 8.78 Å². The maximum absolute atomic E-state index is 13.9. The lowest BCUT2D eigenvalue weighted by atomic mass is 10.3. The number of aromatic nitrogens is 2. The first-order valence-electron chi connectivity index (χ1n) is 6.90. The highest BCUT2D eigenvalue weighted by atomic mass is 19.2.